The second-order valence-corrected chi connectivity index (χ2v) is 7.81. The highest BCUT2D eigenvalue weighted by molar-refractivity contribution is 7.13. The van der Waals surface area contributed by atoms with Crippen LogP contribution in [0, 0.1) is 0 Å². The monoisotopic (exact) mass is 409 g/mol. The van der Waals surface area contributed by atoms with Gasteiger partial charge in [0, 0.05) is 23.3 Å². The van der Waals surface area contributed by atoms with Crippen molar-refractivity contribution in [2.45, 2.75) is 31.5 Å². The van der Waals surface area contributed by atoms with E-state index >= 15 is 0 Å². The normalized spacial score (nSPS) is 24.2. The number of hydrogen-bond acceptors (Lipinski definition) is 8. The Morgan fingerprint density at radius 1 is 1.10 bits per heavy atom. The molecule has 1 aliphatic rings. The third-order valence-corrected chi connectivity index (χ3v) is 5.79. The van der Waals surface area contributed by atoms with Gasteiger partial charge in [-0.15, -0.1) is 11.3 Å². The molecule has 148 valence electrons. The minimum atomic E-state index is -1.06. The maximum Gasteiger partial charge on any atom is 0.188 e. The van der Waals surface area contributed by atoms with E-state index in [1.54, 1.807) is 17.7 Å². The number of fused-ring (bicyclic) bond motifs is 1. The summed E-state index contributed by atoms with van der Waals surface area (Å²) in [6, 6.07) is 9.88. The number of hydrogen-bond donors (Lipinski definition) is 3. The van der Waals surface area contributed by atoms with Crippen molar-refractivity contribution in [1.29, 1.82) is 0 Å². The summed E-state index contributed by atoms with van der Waals surface area (Å²) in [7, 11) is 0. The van der Waals surface area contributed by atoms with Gasteiger partial charge in [-0.3, -0.25) is 0 Å². The second-order valence-electron chi connectivity index (χ2n) is 6.91. The van der Waals surface area contributed by atoms with Crippen molar-refractivity contribution in [3.05, 3.63) is 54.4 Å². The zero-order valence-electron chi connectivity index (χ0n) is 15.5. The maximum atomic E-state index is 10.5. The first kappa shape index (κ1) is 18.2. The van der Waals surface area contributed by atoms with Crippen molar-refractivity contribution >= 4 is 33.3 Å². The fraction of sp³-hybridized carbons (Fsp3) is 0.250. The quantitative estimate of drug-likeness (QED) is 0.476. The number of thiazole rings is 1. The Kier molecular flexibility index (Phi) is 4.51. The van der Waals surface area contributed by atoms with E-state index < -0.39 is 24.5 Å². The van der Waals surface area contributed by atoms with Crippen LogP contribution in [0.4, 0.5) is 10.9 Å². The molecule has 1 aliphatic heterocycles. The standard InChI is InChI=1S/C20H19N5O3S/c1-11-15(26)16(27)19(28-11)25-9-13(12-5-3-2-4-6-12)14-17(22-10-23-18(14)25)24-20-21-7-8-29-20/h2-11,15-16,19,26-27H,1H3,(H,21,22,23,24)/t11-,15-,16-,19-/m1/s1. The van der Waals surface area contributed by atoms with E-state index in [4.69, 9.17) is 4.74 Å². The predicted molar refractivity (Wildman–Crippen MR) is 110 cm³/mol. The van der Waals surface area contributed by atoms with E-state index in [-0.39, 0.29) is 0 Å². The average molecular weight is 409 g/mol. The Hall–Kier alpha value is -2.85. The fourth-order valence-corrected chi connectivity index (χ4v) is 4.18. The summed E-state index contributed by atoms with van der Waals surface area (Å²) in [5.74, 6) is 0.614. The number of ether oxygens (including phenoxy) is 1. The number of benzene rings is 1. The predicted octanol–water partition coefficient (Wildman–Crippen LogP) is 2.94. The lowest BCUT2D eigenvalue weighted by atomic mass is 10.1. The van der Waals surface area contributed by atoms with E-state index in [9.17, 15) is 10.2 Å². The molecule has 0 saturated carbocycles. The molecule has 0 unspecified atom stereocenters. The van der Waals surface area contributed by atoms with Gasteiger partial charge in [-0.05, 0) is 12.5 Å². The Morgan fingerprint density at radius 3 is 2.62 bits per heavy atom. The van der Waals surface area contributed by atoms with Crippen molar-refractivity contribution in [3.8, 4) is 11.1 Å². The number of aliphatic hydroxyl groups is 2. The number of nitrogens with one attached hydrogen (secondary N) is 1. The van der Waals surface area contributed by atoms with Crippen molar-refractivity contribution < 1.29 is 14.9 Å². The van der Waals surface area contributed by atoms with Crippen LogP contribution in [0.1, 0.15) is 13.2 Å². The molecule has 1 aromatic carbocycles. The van der Waals surface area contributed by atoms with Crippen LogP contribution in [0.25, 0.3) is 22.2 Å². The molecule has 5 rings (SSSR count). The Bertz CT molecular complexity index is 1130. The van der Waals surface area contributed by atoms with Gasteiger partial charge >= 0.3 is 0 Å². The van der Waals surface area contributed by atoms with Gasteiger partial charge in [-0.1, -0.05) is 30.3 Å². The van der Waals surface area contributed by atoms with Crippen LogP contribution in [-0.4, -0.2) is 48.0 Å². The van der Waals surface area contributed by atoms with Crippen LogP contribution in [0.2, 0.25) is 0 Å². The minimum Gasteiger partial charge on any atom is -0.388 e. The highest BCUT2D eigenvalue weighted by atomic mass is 32.1. The summed E-state index contributed by atoms with van der Waals surface area (Å²) in [6.45, 7) is 1.74. The van der Waals surface area contributed by atoms with E-state index in [0.717, 1.165) is 21.6 Å². The first-order valence-electron chi connectivity index (χ1n) is 9.22. The van der Waals surface area contributed by atoms with Crippen molar-refractivity contribution in [2.75, 3.05) is 5.32 Å². The first-order chi connectivity index (χ1) is 14.1. The van der Waals surface area contributed by atoms with Crippen molar-refractivity contribution in [1.82, 2.24) is 19.5 Å². The van der Waals surface area contributed by atoms with E-state index in [1.165, 1.54) is 17.7 Å². The average Bonchev–Trinajstić information content (AvgIpc) is 3.45. The molecule has 0 amide bonds. The molecule has 0 radical (unpaired) electrons. The van der Waals surface area contributed by atoms with Gasteiger partial charge in [0.15, 0.2) is 11.4 Å². The summed E-state index contributed by atoms with van der Waals surface area (Å²) in [5.41, 5.74) is 2.47. The van der Waals surface area contributed by atoms with Crippen LogP contribution in [0.5, 0.6) is 0 Å². The van der Waals surface area contributed by atoms with E-state index in [2.05, 4.69) is 20.3 Å². The lowest BCUT2D eigenvalue weighted by Gasteiger charge is -2.17. The highest BCUT2D eigenvalue weighted by Crippen LogP contribution is 2.39. The molecule has 4 heterocycles. The lowest BCUT2D eigenvalue weighted by molar-refractivity contribution is -0.0295. The molecule has 1 saturated heterocycles. The molecule has 4 aromatic rings. The summed E-state index contributed by atoms with van der Waals surface area (Å²) in [5, 5.41) is 27.4. The minimum absolute atomic E-state index is 0.484. The Balaban J connectivity index is 1.71. The molecule has 29 heavy (non-hydrogen) atoms. The zero-order chi connectivity index (χ0) is 20.0. The number of anilines is 2. The number of aliphatic hydroxyl groups excluding tert-OH is 2. The smallest absolute Gasteiger partial charge is 0.188 e. The molecule has 0 bridgehead atoms. The van der Waals surface area contributed by atoms with Gasteiger partial charge < -0.3 is 24.8 Å². The lowest BCUT2D eigenvalue weighted by Crippen LogP contribution is -2.30. The molecular weight excluding hydrogens is 390 g/mol. The van der Waals surface area contributed by atoms with Gasteiger partial charge in [0.1, 0.15) is 30.0 Å². The van der Waals surface area contributed by atoms with Gasteiger partial charge in [0.05, 0.1) is 11.5 Å². The Morgan fingerprint density at radius 2 is 1.93 bits per heavy atom. The van der Waals surface area contributed by atoms with Crippen LogP contribution in [-0.2, 0) is 4.74 Å². The van der Waals surface area contributed by atoms with Crippen molar-refractivity contribution in [3.63, 3.8) is 0 Å². The van der Waals surface area contributed by atoms with Crippen LogP contribution in [0.3, 0.4) is 0 Å². The summed E-state index contributed by atoms with van der Waals surface area (Å²) >= 11 is 1.47. The molecule has 1 fully saturated rings. The first-order valence-corrected chi connectivity index (χ1v) is 10.1. The van der Waals surface area contributed by atoms with Gasteiger partial charge in [-0.25, -0.2) is 15.0 Å². The van der Waals surface area contributed by atoms with Crippen LogP contribution < -0.4 is 5.32 Å². The summed E-state index contributed by atoms with van der Waals surface area (Å²) in [6.07, 6.45) is 1.82. The summed E-state index contributed by atoms with van der Waals surface area (Å²) < 4.78 is 7.61. The SMILES string of the molecule is C[C@H]1O[C@@H](n2cc(-c3ccccc3)c3c(Nc4nccs4)ncnc32)[C@H](O)[C@@H]1O. The van der Waals surface area contributed by atoms with Gasteiger partial charge in [0.2, 0.25) is 0 Å². The largest absolute Gasteiger partial charge is 0.388 e. The van der Waals surface area contributed by atoms with Crippen LogP contribution >= 0.6 is 11.3 Å². The van der Waals surface area contributed by atoms with E-state index in [1.807, 2.05) is 41.9 Å². The fourth-order valence-electron chi connectivity index (χ4n) is 3.65. The number of rotatable bonds is 4. The molecule has 8 nitrogen and oxygen atoms in total. The molecule has 3 aromatic heterocycles. The van der Waals surface area contributed by atoms with Crippen LogP contribution in [0.15, 0.2) is 54.4 Å². The Labute approximate surface area is 170 Å². The maximum absolute atomic E-state index is 10.5. The number of nitrogens with zero attached hydrogens (tertiary/aromatic N) is 4. The molecule has 0 spiro atoms. The zero-order valence-corrected chi connectivity index (χ0v) is 16.3. The van der Waals surface area contributed by atoms with Gasteiger partial charge in [-0.2, -0.15) is 0 Å². The third kappa shape index (κ3) is 3.08. The third-order valence-electron chi connectivity index (χ3n) is 5.10. The van der Waals surface area contributed by atoms with E-state index in [0.29, 0.717) is 11.5 Å². The molecule has 4 atom stereocenters. The van der Waals surface area contributed by atoms with Gasteiger partial charge in [0.25, 0.3) is 0 Å². The summed E-state index contributed by atoms with van der Waals surface area (Å²) in [4.78, 5) is 13.2. The topological polar surface area (TPSA) is 105 Å². The second kappa shape index (κ2) is 7.20. The highest BCUT2D eigenvalue weighted by Gasteiger charge is 2.42. The molecule has 9 heteroatoms. The van der Waals surface area contributed by atoms with Crippen molar-refractivity contribution in [2.24, 2.45) is 0 Å². The number of aromatic nitrogens is 4. The molecule has 3 N–H and O–H groups in total. The molecular formula is C20H19N5O3S. The molecule has 0 aliphatic carbocycles.